The van der Waals surface area contributed by atoms with Crippen LogP contribution in [0.15, 0.2) is 97.1 Å². The number of aromatic hydroxyl groups is 2. The Morgan fingerprint density at radius 1 is 0.508 bits per heavy atom. The number of amides is 2. The SMILES string of the molecule is O=C1CSC2(CCCCC2)N1c1nc(-c2ccc(Cl)cc2)cc(-c2cc(Cc3ccc(O)c(-c4cc(-c5ccc(Cl)cc5)nc(N5C(=O)CSC56CCCCC6)n4)c3)ccc2O)n1. The summed E-state index contributed by atoms with van der Waals surface area (Å²) in [6.45, 7) is 0. The third kappa shape index (κ3) is 8.15. The molecule has 14 heteroatoms. The second-order valence-electron chi connectivity index (χ2n) is 16.8. The Morgan fingerprint density at radius 2 is 0.889 bits per heavy atom. The highest BCUT2D eigenvalue weighted by atomic mass is 35.5. The second-order valence-corrected chi connectivity index (χ2v) is 20.4. The number of hydrogen-bond donors (Lipinski definition) is 2. The number of hydrogen-bond acceptors (Lipinski definition) is 10. The number of anilines is 2. The normalized spacial score (nSPS) is 18.2. The summed E-state index contributed by atoms with van der Waals surface area (Å²) in [5.41, 5.74) is 6.58. The lowest BCUT2D eigenvalue weighted by molar-refractivity contribution is -0.117. The van der Waals surface area contributed by atoms with Crippen molar-refractivity contribution in [3.8, 4) is 56.5 Å². The molecule has 2 aromatic heterocycles. The summed E-state index contributed by atoms with van der Waals surface area (Å²) in [7, 11) is 0. The Labute approximate surface area is 384 Å². The first kappa shape index (κ1) is 41.8. The summed E-state index contributed by atoms with van der Waals surface area (Å²) >= 11 is 15.9. The standard InChI is InChI=1S/C49H44Cl2N6O4S2/c50-34-13-9-32(10-14-34)38-26-40(54-46(52-38)56-44(60)28-62-48(56)19-3-1-4-20-48)36-24-30(7-17-42(36)58)23-31-8-18-43(59)37(25-31)41-27-39(33-11-15-35(51)16-12-33)53-47(55-41)57-45(61)29-63-49(57)21-5-2-6-22-49/h7-18,24-27,58-59H,1-6,19-23,28-29H2. The monoisotopic (exact) mass is 914 g/mol. The number of benzene rings is 4. The molecule has 10 nitrogen and oxygen atoms in total. The summed E-state index contributed by atoms with van der Waals surface area (Å²) in [5, 5.41) is 24.1. The molecule has 4 fully saturated rings. The van der Waals surface area contributed by atoms with Crippen LogP contribution in [0.25, 0.3) is 45.0 Å². The number of rotatable bonds is 8. The van der Waals surface area contributed by atoms with E-state index in [9.17, 15) is 19.8 Å². The first-order valence-electron chi connectivity index (χ1n) is 21.5. The van der Waals surface area contributed by atoms with Crippen LogP contribution in [-0.2, 0) is 16.0 Å². The van der Waals surface area contributed by atoms with Gasteiger partial charge in [0.25, 0.3) is 0 Å². The highest BCUT2D eigenvalue weighted by Crippen LogP contribution is 2.50. The van der Waals surface area contributed by atoms with Crippen LogP contribution in [0.4, 0.5) is 11.9 Å². The molecular weight excluding hydrogens is 872 g/mol. The Morgan fingerprint density at radius 3 is 1.29 bits per heavy atom. The molecule has 0 unspecified atom stereocenters. The van der Waals surface area contributed by atoms with Gasteiger partial charge in [-0.3, -0.25) is 19.4 Å². The van der Waals surface area contributed by atoms with Gasteiger partial charge in [-0.2, -0.15) is 0 Å². The van der Waals surface area contributed by atoms with E-state index in [2.05, 4.69) is 0 Å². The van der Waals surface area contributed by atoms with Gasteiger partial charge in [0, 0.05) is 32.3 Å². The van der Waals surface area contributed by atoms with E-state index < -0.39 is 9.74 Å². The molecule has 4 aromatic carbocycles. The molecule has 0 bridgehead atoms. The maximum atomic E-state index is 13.7. The molecule has 2 saturated carbocycles. The van der Waals surface area contributed by atoms with Crippen molar-refractivity contribution in [2.75, 3.05) is 21.3 Å². The lowest BCUT2D eigenvalue weighted by atomic mass is 9.93. The minimum atomic E-state index is -0.397. The molecule has 4 heterocycles. The number of carbonyl (C=O) groups excluding carboxylic acids is 2. The van der Waals surface area contributed by atoms with Crippen LogP contribution >= 0.6 is 46.7 Å². The van der Waals surface area contributed by atoms with E-state index in [0.717, 1.165) is 86.5 Å². The molecule has 0 radical (unpaired) electrons. The van der Waals surface area contributed by atoms with Gasteiger partial charge in [-0.05, 0) is 104 Å². The zero-order valence-electron chi connectivity index (χ0n) is 34.4. The van der Waals surface area contributed by atoms with E-state index in [4.69, 9.17) is 43.1 Å². The van der Waals surface area contributed by atoms with Gasteiger partial charge in [-0.25, -0.2) is 19.9 Å². The Bertz CT molecular complexity index is 2560. The lowest BCUT2D eigenvalue weighted by Crippen LogP contribution is -2.46. The molecule has 10 rings (SSSR count). The van der Waals surface area contributed by atoms with Crippen molar-refractivity contribution in [3.63, 3.8) is 0 Å². The molecule has 4 aliphatic rings. The topological polar surface area (TPSA) is 133 Å². The van der Waals surface area contributed by atoms with Gasteiger partial charge < -0.3 is 10.2 Å². The molecule has 2 amide bonds. The van der Waals surface area contributed by atoms with Crippen molar-refractivity contribution < 1.29 is 19.8 Å². The summed E-state index contributed by atoms with van der Waals surface area (Å²) in [4.78, 5) is 50.2. The molecule has 0 atom stereocenters. The number of nitrogens with zero attached hydrogens (tertiary/aromatic N) is 6. The van der Waals surface area contributed by atoms with Crippen molar-refractivity contribution in [1.82, 2.24) is 19.9 Å². The van der Waals surface area contributed by atoms with E-state index in [1.165, 1.54) is 0 Å². The fourth-order valence-electron chi connectivity index (χ4n) is 9.55. The summed E-state index contributed by atoms with van der Waals surface area (Å²) < 4.78 is 0. The fraction of sp³-hybridized carbons (Fsp3) is 0.306. The smallest absolute Gasteiger partial charge is 0.240 e. The van der Waals surface area contributed by atoms with Crippen LogP contribution in [0.1, 0.15) is 75.3 Å². The quantitative estimate of drug-likeness (QED) is 0.152. The van der Waals surface area contributed by atoms with Crippen molar-refractivity contribution in [2.24, 2.45) is 0 Å². The highest BCUT2D eigenvalue weighted by molar-refractivity contribution is 8.02. The van der Waals surface area contributed by atoms with Gasteiger partial charge in [0.1, 0.15) is 11.5 Å². The van der Waals surface area contributed by atoms with Crippen molar-refractivity contribution in [3.05, 3.63) is 118 Å². The van der Waals surface area contributed by atoms with E-state index in [-0.39, 0.29) is 23.3 Å². The fourth-order valence-corrected chi connectivity index (χ4v) is 12.6. The Hall–Kier alpha value is -5.14. The first-order valence-corrected chi connectivity index (χ1v) is 24.2. The van der Waals surface area contributed by atoms with Crippen LogP contribution < -0.4 is 9.80 Å². The van der Waals surface area contributed by atoms with Crippen LogP contribution in [0, 0.1) is 0 Å². The molecule has 2 aliphatic carbocycles. The van der Waals surface area contributed by atoms with Crippen LogP contribution in [0.3, 0.4) is 0 Å². The van der Waals surface area contributed by atoms with E-state index in [1.807, 2.05) is 70.5 Å². The van der Waals surface area contributed by atoms with Crippen LogP contribution in [-0.4, -0.2) is 63.2 Å². The number of aromatic nitrogens is 4. The average molecular weight is 916 g/mol. The zero-order chi connectivity index (χ0) is 43.3. The van der Waals surface area contributed by atoms with Gasteiger partial charge in [-0.1, -0.05) is 98.1 Å². The maximum absolute atomic E-state index is 13.7. The third-order valence-electron chi connectivity index (χ3n) is 12.7. The molecule has 2 aliphatic heterocycles. The average Bonchev–Trinajstić information content (AvgIpc) is 3.78. The number of halogens is 2. The molecule has 6 aromatic rings. The van der Waals surface area contributed by atoms with Crippen LogP contribution in [0.2, 0.25) is 10.0 Å². The Balaban J connectivity index is 1.03. The minimum Gasteiger partial charge on any atom is -0.507 e. The molecule has 2 spiro atoms. The van der Waals surface area contributed by atoms with E-state index in [0.29, 0.717) is 73.8 Å². The van der Waals surface area contributed by atoms with Gasteiger partial charge in [-0.15, -0.1) is 23.5 Å². The van der Waals surface area contributed by atoms with Crippen molar-refractivity contribution >= 4 is 70.4 Å². The third-order valence-corrected chi connectivity index (χ3v) is 16.2. The van der Waals surface area contributed by atoms with Crippen molar-refractivity contribution in [1.29, 1.82) is 0 Å². The summed E-state index contributed by atoms with van der Waals surface area (Å²) in [5.74, 6) is 1.44. The minimum absolute atomic E-state index is 0.0160. The van der Waals surface area contributed by atoms with E-state index >= 15 is 0 Å². The van der Waals surface area contributed by atoms with E-state index in [1.54, 1.807) is 59.9 Å². The first-order chi connectivity index (χ1) is 30.6. The molecule has 320 valence electrons. The molecule has 2 saturated heterocycles. The predicted octanol–water partition coefficient (Wildman–Crippen LogP) is 11.7. The summed E-state index contributed by atoms with van der Waals surface area (Å²) in [6.07, 6.45) is 10.3. The lowest BCUT2D eigenvalue weighted by Gasteiger charge is -2.39. The molecule has 63 heavy (non-hydrogen) atoms. The number of phenolic OH excluding ortho intramolecular Hbond substituents is 2. The predicted molar refractivity (Wildman–Crippen MR) is 253 cm³/mol. The van der Waals surface area contributed by atoms with Crippen molar-refractivity contribution in [2.45, 2.75) is 80.4 Å². The largest absolute Gasteiger partial charge is 0.507 e. The highest BCUT2D eigenvalue weighted by Gasteiger charge is 2.50. The molecular formula is C49H44Cl2N6O4S2. The second kappa shape index (κ2) is 17.1. The van der Waals surface area contributed by atoms with Gasteiger partial charge >= 0.3 is 0 Å². The van der Waals surface area contributed by atoms with Gasteiger partial charge in [0.15, 0.2) is 0 Å². The summed E-state index contributed by atoms with van der Waals surface area (Å²) in [6, 6.07) is 29.4. The zero-order valence-corrected chi connectivity index (χ0v) is 37.5. The number of carbonyl (C=O) groups is 2. The van der Waals surface area contributed by atoms with Gasteiger partial charge in [0.2, 0.25) is 23.7 Å². The Kier molecular flexibility index (Phi) is 11.4. The van der Waals surface area contributed by atoms with Crippen LogP contribution in [0.5, 0.6) is 11.5 Å². The number of phenols is 2. The number of thioether (sulfide) groups is 2. The molecule has 2 N–H and O–H groups in total. The maximum Gasteiger partial charge on any atom is 0.240 e. The van der Waals surface area contributed by atoms with Gasteiger partial charge in [0.05, 0.1) is 44.0 Å².